The number of carbonyl (C=O) groups excluding carboxylic acids is 1. The molecule has 1 aliphatic rings. The number of nitrogens with one attached hydrogen (secondary N) is 1. The van der Waals surface area contributed by atoms with E-state index in [1.165, 1.54) is 29.8 Å². The van der Waals surface area contributed by atoms with E-state index in [9.17, 15) is 14.0 Å². The molecule has 1 aliphatic heterocycles. The molecule has 164 valence electrons. The van der Waals surface area contributed by atoms with E-state index in [1.54, 1.807) is 24.1 Å². The summed E-state index contributed by atoms with van der Waals surface area (Å²) in [4.78, 5) is 39.5. The molecule has 1 atom stereocenters. The third-order valence-electron chi connectivity index (χ3n) is 5.82. The number of thiophene rings is 1. The van der Waals surface area contributed by atoms with Crippen LogP contribution in [-0.2, 0) is 6.42 Å². The molecule has 1 amide bonds. The predicted octanol–water partition coefficient (Wildman–Crippen LogP) is 4.03. The minimum Gasteiger partial charge on any atom is -0.445 e. The zero-order valence-corrected chi connectivity index (χ0v) is 18.2. The molecule has 1 fully saturated rings. The standard InChI is InChI=1S/C23H21FN4O3S/c1-13-18-20(29)26-12-27-22(18)32-19(13)23(30)28-7-3-5-15(11-28)21-25-10-17(31-21)9-14-4-2-6-16(24)8-14/h2,4,6,8,10,12,15H,3,5,7,9,11H2,1H3,(H,26,27,29)/t15-/m0/s1. The van der Waals surface area contributed by atoms with Crippen molar-refractivity contribution in [3.8, 4) is 0 Å². The van der Waals surface area contributed by atoms with E-state index < -0.39 is 0 Å². The first-order chi connectivity index (χ1) is 15.5. The van der Waals surface area contributed by atoms with E-state index >= 15 is 0 Å². The summed E-state index contributed by atoms with van der Waals surface area (Å²) < 4.78 is 19.4. The summed E-state index contributed by atoms with van der Waals surface area (Å²) >= 11 is 1.25. The molecule has 5 rings (SSSR count). The fraction of sp³-hybridized carbons (Fsp3) is 0.304. The Bertz CT molecular complexity index is 1360. The SMILES string of the molecule is Cc1c(C(=O)N2CCC[C@H](c3ncc(Cc4cccc(F)c4)o3)C2)sc2nc[nH]c(=O)c12. The fourth-order valence-corrected chi connectivity index (χ4v) is 5.35. The number of piperidine rings is 1. The molecule has 4 heterocycles. The lowest BCUT2D eigenvalue weighted by atomic mass is 9.97. The van der Waals surface area contributed by atoms with Crippen LogP contribution in [0.5, 0.6) is 0 Å². The van der Waals surface area contributed by atoms with Gasteiger partial charge >= 0.3 is 0 Å². The van der Waals surface area contributed by atoms with E-state index in [2.05, 4.69) is 15.0 Å². The topological polar surface area (TPSA) is 92.1 Å². The van der Waals surface area contributed by atoms with E-state index in [4.69, 9.17) is 4.42 Å². The zero-order chi connectivity index (χ0) is 22.2. The summed E-state index contributed by atoms with van der Waals surface area (Å²) in [7, 11) is 0. The van der Waals surface area contributed by atoms with Gasteiger partial charge in [0.15, 0.2) is 5.89 Å². The van der Waals surface area contributed by atoms with E-state index in [1.807, 2.05) is 6.07 Å². The number of amides is 1. The molecule has 1 N–H and O–H groups in total. The Labute approximate surface area is 186 Å². The first kappa shape index (κ1) is 20.6. The van der Waals surface area contributed by atoms with Crippen LogP contribution in [0, 0.1) is 12.7 Å². The Morgan fingerprint density at radius 1 is 1.38 bits per heavy atom. The van der Waals surface area contributed by atoms with Crippen LogP contribution < -0.4 is 5.56 Å². The number of H-pyrrole nitrogens is 1. The summed E-state index contributed by atoms with van der Waals surface area (Å²) in [6.07, 6.45) is 5.20. The van der Waals surface area contributed by atoms with Gasteiger partial charge in [0.25, 0.3) is 11.5 Å². The van der Waals surface area contributed by atoms with Crippen molar-refractivity contribution < 1.29 is 13.6 Å². The first-order valence-electron chi connectivity index (χ1n) is 10.4. The van der Waals surface area contributed by atoms with Crippen molar-refractivity contribution in [1.82, 2.24) is 19.9 Å². The number of hydrogen-bond donors (Lipinski definition) is 1. The number of aromatic amines is 1. The van der Waals surface area contributed by atoms with Gasteiger partial charge in [-0.25, -0.2) is 14.4 Å². The third-order valence-corrected chi connectivity index (χ3v) is 7.01. The number of rotatable bonds is 4. The molecule has 0 bridgehead atoms. The second-order valence-electron chi connectivity index (χ2n) is 8.03. The van der Waals surface area contributed by atoms with Gasteiger partial charge < -0.3 is 14.3 Å². The van der Waals surface area contributed by atoms with Crippen LogP contribution in [-0.4, -0.2) is 38.8 Å². The van der Waals surface area contributed by atoms with Crippen molar-refractivity contribution >= 4 is 27.5 Å². The largest absolute Gasteiger partial charge is 0.445 e. The monoisotopic (exact) mass is 452 g/mol. The third kappa shape index (κ3) is 3.84. The molecule has 32 heavy (non-hydrogen) atoms. The normalized spacial score (nSPS) is 16.6. The van der Waals surface area contributed by atoms with Gasteiger partial charge in [-0.3, -0.25) is 9.59 Å². The molecule has 0 unspecified atom stereocenters. The highest BCUT2D eigenvalue weighted by Crippen LogP contribution is 2.32. The summed E-state index contributed by atoms with van der Waals surface area (Å²) in [5, 5.41) is 0.476. The number of nitrogens with zero attached hydrogens (tertiary/aromatic N) is 3. The number of hydrogen-bond acceptors (Lipinski definition) is 6. The Morgan fingerprint density at radius 2 is 2.25 bits per heavy atom. The molecule has 7 nitrogen and oxygen atoms in total. The van der Waals surface area contributed by atoms with Gasteiger partial charge in [0.2, 0.25) is 0 Å². The molecule has 0 spiro atoms. The van der Waals surface area contributed by atoms with E-state index in [0.29, 0.717) is 51.8 Å². The predicted molar refractivity (Wildman–Crippen MR) is 119 cm³/mol. The van der Waals surface area contributed by atoms with Gasteiger partial charge in [0.05, 0.1) is 28.7 Å². The summed E-state index contributed by atoms with van der Waals surface area (Å²) in [5.41, 5.74) is 1.25. The van der Waals surface area contributed by atoms with Crippen molar-refractivity contribution in [2.24, 2.45) is 0 Å². The highest BCUT2D eigenvalue weighted by molar-refractivity contribution is 7.20. The average Bonchev–Trinajstić information content (AvgIpc) is 3.39. The fourth-order valence-electron chi connectivity index (χ4n) is 4.23. The van der Waals surface area contributed by atoms with Gasteiger partial charge in [-0.1, -0.05) is 12.1 Å². The van der Waals surface area contributed by atoms with Gasteiger partial charge in [-0.05, 0) is 43.0 Å². The number of aromatic nitrogens is 3. The Morgan fingerprint density at radius 3 is 3.06 bits per heavy atom. The number of fused-ring (bicyclic) bond motifs is 1. The Balaban J connectivity index is 1.33. The Kier molecular flexibility index (Phi) is 5.34. The highest BCUT2D eigenvalue weighted by atomic mass is 32.1. The molecular formula is C23H21FN4O3S. The number of halogens is 1. The van der Waals surface area contributed by atoms with Crippen LogP contribution in [0.15, 0.2) is 46.0 Å². The minimum atomic E-state index is -0.280. The number of likely N-dealkylation sites (tertiary alicyclic amines) is 1. The quantitative estimate of drug-likeness (QED) is 0.505. The number of oxazole rings is 1. The maximum absolute atomic E-state index is 13.4. The molecule has 1 aromatic carbocycles. The van der Waals surface area contributed by atoms with Gasteiger partial charge in [0, 0.05) is 19.5 Å². The molecule has 9 heteroatoms. The summed E-state index contributed by atoms with van der Waals surface area (Å²) in [5.74, 6) is 0.878. The number of carbonyl (C=O) groups is 1. The zero-order valence-electron chi connectivity index (χ0n) is 17.4. The average molecular weight is 453 g/mol. The van der Waals surface area contributed by atoms with Crippen molar-refractivity contribution in [3.63, 3.8) is 0 Å². The van der Waals surface area contributed by atoms with E-state index in [-0.39, 0.29) is 23.2 Å². The highest BCUT2D eigenvalue weighted by Gasteiger charge is 2.30. The lowest BCUT2D eigenvalue weighted by Crippen LogP contribution is -2.39. The van der Waals surface area contributed by atoms with Crippen molar-refractivity contribution in [3.05, 3.63) is 80.6 Å². The lowest BCUT2D eigenvalue weighted by molar-refractivity contribution is 0.0702. The Hall–Kier alpha value is -3.33. The van der Waals surface area contributed by atoms with Gasteiger partial charge in [0.1, 0.15) is 16.4 Å². The second-order valence-corrected chi connectivity index (χ2v) is 9.03. The molecule has 3 aromatic heterocycles. The molecule has 0 saturated carbocycles. The van der Waals surface area contributed by atoms with Crippen molar-refractivity contribution in [2.45, 2.75) is 32.1 Å². The molecule has 0 radical (unpaired) electrons. The summed E-state index contributed by atoms with van der Waals surface area (Å²) in [6, 6.07) is 6.41. The van der Waals surface area contributed by atoms with Crippen molar-refractivity contribution in [2.75, 3.05) is 13.1 Å². The second kappa shape index (κ2) is 8.31. The van der Waals surface area contributed by atoms with Crippen LogP contribution in [0.4, 0.5) is 4.39 Å². The smallest absolute Gasteiger partial charge is 0.264 e. The first-order valence-corrected chi connectivity index (χ1v) is 11.3. The number of benzene rings is 1. The lowest BCUT2D eigenvalue weighted by Gasteiger charge is -2.31. The maximum Gasteiger partial charge on any atom is 0.264 e. The molecule has 1 saturated heterocycles. The van der Waals surface area contributed by atoms with Crippen molar-refractivity contribution in [1.29, 1.82) is 0 Å². The van der Waals surface area contributed by atoms with E-state index in [0.717, 1.165) is 18.4 Å². The molecular weight excluding hydrogens is 431 g/mol. The van der Waals surface area contributed by atoms with Crippen LogP contribution in [0.25, 0.3) is 10.2 Å². The van der Waals surface area contributed by atoms with Crippen LogP contribution in [0.3, 0.4) is 0 Å². The van der Waals surface area contributed by atoms with Gasteiger partial charge in [-0.2, -0.15) is 0 Å². The minimum absolute atomic E-state index is 0.00910. The van der Waals surface area contributed by atoms with Crippen LogP contribution in [0.1, 0.15) is 51.2 Å². The van der Waals surface area contributed by atoms with Gasteiger partial charge in [-0.15, -0.1) is 11.3 Å². The maximum atomic E-state index is 13.4. The molecule has 4 aromatic rings. The van der Waals surface area contributed by atoms with Crippen LogP contribution >= 0.6 is 11.3 Å². The number of aryl methyl sites for hydroxylation is 1. The molecule has 0 aliphatic carbocycles. The summed E-state index contributed by atoms with van der Waals surface area (Å²) in [6.45, 7) is 2.93. The van der Waals surface area contributed by atoms with Crippen LogP contribution in [0.2, 0.25) is 0 Å².